The zero-order valence-electron chi connectivity index (χ0n) is 15.6. The lowest BCUT2D eigenvalue weighted by molar-refractivity contribution is -0.122. The predicted molar refractivity (Wildman–Crippen MR) is 103 cm³/mol. The van der Waals surface area contributed by atoms with Gasteiger partial charge in [0.1, 0.15) is 17.6 Å². The summed E-state index contributed by atoms with van der Waals surface area (Å²) in [5.41, 5.74) is 0.660. The van der Waals surface area contributed by atoms with Gasteiger partial charge in [-0.05, 0) is 43.7 Å². The van der Waals surface area contributed by atoms with E-state index < -0.39 is 27.8 Å². The number of rotatable bonds is 7. The molecule has 0 aliphatic heterocycles. The second-order valence-corrected chi connectivity index (χ2v) is 8.05. The molecule has 0 aromatic heterocycles. The standard InChI is InChI=1S/C19H23FN2O4S/c1-13(15-9-11-16(26-3)12-10-15)21-19(23)14(2)22(27(4,24)25)18-8-6-5-7-17(18)20/h5-14H,1-4H3,(H,21,23)/t13-,14+/m1/s1. The maximum Gasteiger partial charge on any atom is 0.244 e. The predicted octanol–water partition coefficient (Wildman–Crippen LogP) is 2.87. The van der Waals surface area contributed by atoms with E-state index in [0.717, 1.165) is 22.2 Å². The van der Waals surface area contributed by atoms with Crippen molar-refractivity contribution in [3.8, 4) is 5.75 Å². The number of anilines is 1. The highest BCUT2D eigenvalue weighted by Gasteiger charge is 2.31. The van der Waals surface area contributed by atoms with Crippen LogP contribution in [-0.2, 0) is 14.8 Å². The molecule has 0 heterocycles. The van der Waals surface area contributed by atoms with Gasteiger partial charge in [0.05, 0.1) is 25.1 Å². The number of halogens is 1. The van der Waals surface area contributed by atoms with Gasteiger partial charge in [-0.2, -0.15) is 0 Å². The van der Waals surface area contributed by atoms with E-state index in [1.807, 2.05) is 0 Å². The molecule has 0 fully saturated rings. The van der Waals surface area contributed by atoms with Crippen LogP contribution in [-0.4, -0.2) is 33.7 Å². The first-order valence-corrected chi connectivity index (χ1v) is 10.2. The highest BCUT2D eigenvalue weighted by molar-refractivity contribution is 7.92. The van der Waals surface area contributed by atoms with Gasteiger partial charge in [0.25, 0.3) is 0 Å². The summed E-state index contributed by atoms with van der Waals surface area (Å²) in [5.74, 6) is -0.564. The normalized spacial score (nSPS) is 13.5. The molecule has 0 radical (unpaired) electrons. The summed E-state index contributed by atoms with van der Waals surface area (Å²) in [4.78, 5) is 12.7. The lowest BCUT2D eigenvalue weighted by atomic mass is 10.1. The minimum absolute atomic E-state index is 0.167. The number of benzene rings is 2. The van der Waals surface area contributed by atoms with Gasteiger partial charge in [-0.15, -0.1) is 0 Å². The summed E-state index contributed by atoms with van der Waals surface area (Å²) in [7, 11) is -2.32. The van der Waals surface area contributed by atoms with E-state index in [1.165, 1.54) is 25.1 Å². The molecule has 0 saturated heterocycles. The fourth-order valence-electron chi connectivity index (χ4n) is 2.72. The Hall–Kier alpha value is -2.61. The Kier molecular flexibility index (Phi) is 6.43. The zero-order chi connectivity index (χ0) is 20.2. The molecule has 1 amide bonds. The highest BCUT2D eigenvalue weighted by Crippen LogP contribution is 2.25. The number of para-hydroxylation sites is 1. The summed E-state index contributed by atoms with van der Waals surface area (Å²) < 4.78 is 44.5. The van der Waals surface area contributed by atoms with Gasteiger partial charge in [-0.25, -0.2) is 12.8 Å². The third-order valence-corrected chi connectivity index (χ3v) is 5.38. The molecular formula is C19H23FN2O4S. The van der Waals surface area contributed by atoms with Crippen molar-refractivity contribution in [1.82, 2.24) is 5.32 Å². The van der Waals surface area contributed by atoms with Crippen molar-refractivity contribution in [3.63, 3.8) is 0 Å². The van der Waals surface area contributed by atoms with Crippen LogP contribution in [0, 0.1) is 5.82 Å². The average molecular weight is 394 g/mol. The lowest BCUT2D eigenvalue weighted by Crippen LogP contribution is -2.48. The van der Waals surface area contributed by atoms with E-state index in [0.29, 0.717) is 5.75 Å². The number of carbonyl (C=O) groups excluding carboxylic acids is 1. The molecule has 1 N–H and O–H groups in total. The largest absolute Gasteiger partial charge is 0.497 e. The summed E-state index contributed by atoms with van der Waals surface area (Å²) in [6.07, 6.45) is 0.941. The third kappa shape index (κ3) is 4.97. The van der Waals surface area contributed by atoms with E-state index >= 15 is 0 Å². The van der Waals surface area contributed by atoms with Crippen LogP contribution in [0.2, 0.25) is 0 Å². The van der Waals surface area contributed by atoms with Crippen molar-refractivity contribution >= 4 is 21.6 Å². The van der Waals surface area contributed by atoms with Crippen molar-refractivity contribution in [1.29, 1.82) is 0 Å². The van der Waals surface area contributed by atoms with Crippen LogP contribution in [0.5, 0.6) is 5.75 Å². The molecule has 2 aromatic carbocycles. The fourth-order valence-corrected chi connectivity index (χ4v) is 3.90. The number of sulfonamides is 1. The Morgan fingerprint density at radius 2 is 1.70 bits per heavy atom. The molecule has 0 aliphatic rings. The van der Waals surface area contributed by atoms with Crippen LogP contribution in [0.15, 0.2) is 48.5 Å². The SMILES string of the molecule is COc1ccc([C@@H](C)NC(=O)[C@H](C)N(c2ccccc2F)S(C)(=O)=O)cc1. The first-order chi connectivity index (χ1) is 12.6. The Labute approximate surface area is 159 Å². The molecule has 0 unspecified atom stereocenters. The Balaban J connectivity index is 2.23. The number of nitrogens with zero attached hydrogens (tertiary/aromatic N) is 1. The van der Waals surface area contributed by atoms with Gasteiger partial charge in [-0.1, -0.05) is 24.3 Å². The molecule has 0 bridgehead atoms. The second-order valence-electron chi connectivity index (χ2n) is 6.19. The number of methoxy groups -OCH3 is 1. The van der Waals surface area contributed by atoms with E-state index in [4.69, 9.17) is 4.74 Å². The van der Waals surface area contributed by atoms with Crippen LogP contribution in [0.25, 0.3) is 0 Å². The minimum atomic E-state index is -3.88. The first-order valence-electron chi connectivity index (χ1n) is 8.33. The van der Waals surface area contributed by atoms with Crippen LogP contribution in [0.4, 0.5) is 10.1 Å². The smallest absolute Gasteiger partial charge is 0.244 e. The van der Waals surface area contributed by atoms with Crippen molar-refractivity contribution in [3.05, 3.63) is 59.9 Å². The molecule has 0 aliphatic carbocycles. The first kappa shape index (κ1) is 20.7. The monoisotopic (exact) mass is 394 g/mol. The molecule has 6 nitrogen and oxygen atoms in total. The van der Waals surface area contributed by atoms with E-state index in [-0.39, 0.29) is 11.7 Å². The number of hydrogen-bond acceptors (Lipinski definition) is 4. The minimum Gasteiger partial charge on any atom is -0.497 e. The van der Waals surface area contributed by atoms with Crippen LogP contribution < -0.4 is 14.4 Å². The summed E-state index contributed by atoms with van der Waals surface area (Å²) in [6, 6.07) is 11.1. The maximum absolute atomic E-state index is 14.1. The molecule has 27 heavy (non-hydrogen) atoms. The molecule has 0 saturated carbocycles. The number of nitrogens with one attached hydrogen (secondary N) is 1. The topological polar surface area (TPSA) is 75.7 Å². The van der Waals surface area contributed by atoms with Gasteiger partial charge in [0.2, 0.25) is 15.9 Å². The van der Waals surface area contributed by atoms with Crippen LogP contribution in [0.3, 0.4) is 0 Å². The lowest BCUT2D eigenvalue weighted by Gasteiger charge is -2.29. The number of amides is 1. The number of carbonyl (C=O) groups is 1. The van der Waals surface area contributed by atoms with Crippen LogP contribution >= 0.6 is 0 Å². The number of hydrogen-bond donors (Lipinski definition) is 1. The Bertz CT molecular complexity index is 900. The van der Waals surface area contributed by atoms with Gasteiger partial charge in [0.15, 0.2) is 0 Å². The van der Waals surface area contributed by atoms with Crippen molar-refractivity contribution in [2.75, 3.05) is 17.7 Å². The molecule has 146 valence electrons. The summed E-state index contributed by atoms with van der Waals surface area (Å²) in [6.45, 7) is 3.20. The van der Waals surface area contributed by atoms with Gasteiger partial charge < -0.3 is 10.1 Å². The zero-order valence-corrected chi connectivity index (χ0v) is 16.5. The summed E-state index contributed by atoms with van der Waals surface area (Å²) in [5, 5.41) is 2.77. The van der Waals surface area contributed by atoms with Gasteiger partial charge in [-0.3, -0.25) is 9.10 Å². The quantitative estimate of drug-likeness (QED) is 0.784. The third-order valence-electron chi connectivity index (χ3n) is 4.15. The average Bonchev–Trinajstić information content (AvgIpc) is 2.62. The fraction of sp³-hybridized carbons (Fsp3) is 0.316. The Morgan fingerprint density at radius 1 is 1.11 bits per heavy atom. The van der Waals surface area contributed by atoms with E-state index in [1.54, 1.807) is 38.3 Å². The van der Waals surface area contributed by atoms with E-state index in [2.05, 4.69) is 5.32 Å². The molecule has 2 atom stereocenters. The second kappa shape index (κ2) is 8.39. The molecule has 0 spiro atoms. The van der Waals surface area contributed by atoms with Crippen LogP contribution in [0.1, 0.15) is 25.5 Å². The van der Waals surface area contributed by atoms with E-state index in [9.17, 15) is 17.6 Å². The number of ether oxygens (including phenoxy) is 1. The summed E-state index contributed by atoms with van der Waals surface area (Å²) >= 11 is 0. The van der Waals surface area contributed by atoms with Crippen molar-refractivity contribution < 1.29 is 22.3 Å². The maximum atomic E-state index is 14.1. The Morgan fingerprint density at radius 3 is 2.22 bits per heavy atom. The van der Waals surface area contributed by atoms with Gasteiger partial charge in [0, 0.05) is 0 Å². The van der Waals surface area contributed by atoms with Crippen molar-refractivity contribution in [2.24, 2.45) is 0 Å². The highest BCUT2D eigenvalue weighted by atomic mass is 32.2. The molecular weight excluding hydrogens is 371 g/mol. The molecule has 2 rings (SSSR count). The van der Waals surface area contributed by atoms with Gasteiger partial charge >= 0.3 is 0 Å². The molecule has 2 aromatic rings. The van der Waals surface area contributed by atoms with Crippen molar-refractivity contribution in [2.45, 2.75) is 25.9 Å². The molecule has 8 heteroatoms.